The fourth-order valence-corrected chi connectivity index (χ4v) is 2.40. The number of rotatable bonds is 2. The number of aromatic amines is 1. The Labute approximate surface area is 120 Å². The maximum absolute atomic E-state index is 6.15. The first kappa shape index (κ1) is 12.3. The normalized spacial score (nSPS) is 11.1. The van der Waals surface area contributed by atoms with Gasteiger partial charge in [-0.15, -0.1) is 0 Å². The predicted molar refractivity (Wildman–Crippen MR) is 79.8 cm³/mol. The zero-order valence-electron chi connectivity index (χ0n) is 9.95. The highest BCUT2D eigenvalue weighted by atomic mass is 35.5. The lowest BCUT2D eigenvalue weighted by Gasteiger charge is -2.02. The summed E-state index contributed by atoms with van der Waals surface area (Å²) in [7, 11) is 0. The van der Waals surface area contributed by atoms with Crippen LogP contribution < -0.4 is 5.73 Å². The lowest BCUT2D eigenvalue weighted by atomic mass is 10.1. The van der Waals surface area contributed by atoms with Gasteiger partial charge in [0.05, 0.1) is 11.0 Å². The van der Waals surface area contributed by atoms with Gasteiger partial charge in [0.2, 0.25) is 0 Å². The van der Waals surface area contributed by atoms with Crippen LogP contribution in [0, 0.1) is 0 Å². The second-order valence-electron chi connectivity index (χ2n) is 4.37. The van der Waals surface area contributed by atoms with Crippen molar-refractivity contribution in [2.45, 2.75) is 6.42 Å². The molecule has 3 rings (SSSR count). The zero-order chi connectivity index (χ0) is 13.4. The van der Waals surface area contributed by atoms with E-state index in [0.717, 1.165) is 22.4 Å². The van der Waals surface area contributed by atoms with E-state index in [1.165, 1.54) is 0 Å². The molecule has 0 atom stereocenters. The molecule has 5 heteroatoms. The predicted octanol–water partition coefficient (Wildman–Crippen LogP) is 4.04. The number of fused-ring (bicyclic) bond motifs is 1. The molecule has 0 amide bonds. The molecule has 1 heterocycles. The summed E-state index contributed by atoms with van der Waals surface area (Å²) in [6.07, 6.45) is 0.605. The summed E-state index contributed by atoms with van der Waals surface area (Å²) in [5.41, 5.74) is 9.22. The summed E-state index contributed by atoms with van der Waals surface area (Å²) in [6.45, 7) is 0. The van der Waals surface area contributed by atoms with Crippen LogP contribution in [-0.4, -0.2) is 9.97 Å². The maximum Gasteiger partial charge on any atom is 0.111 e. The van der Waals surface area contributed by atoms with Crippen LogP contribution in [0.25, 0.3) is 11.0 Å². The highest BCUT2D eigenvalue weighted by Gasteiger charge is 2.07. The number of halogens is 2. The monoisotopic (exact) mass is 291 g/mol. The van der Waals surface area contributed by atoms with E-state index in [9.17, 15) is 0 Å². The van der Waals surface area contributed by atoms with Crippen molar-refractivity contribution < 1.29 is 0 Å². The first-order valence-electron chi connectivity index (χ1n) is 5.80. The molecule has 0 fully saturated rings. The minimum atomic E-state index is 0.605. The molecule has 3 N–H and O–H groups in total. The molecule has 0 unspecified atom stereocenters. The largest absolute Gasteiger partial charge is 0.399 e. The van der Waals surface area contributed by atoms with Gasteiger partial charge in [-0.05, 0) is 42.0 Å². The van der Waals surface area contributed by atoms with Gasteiger partial charge in [0, 0.05) is 22.2 Å². The molecule has 0 bridgehead atoms. The van der Waals surface area contributed by atoms with Crippen LogP contribution in [-0.2, 0) is 6.42 Å². The third-order valence-electron chi connectivity index (χ3n) is 2.92. The molecule has 96 valence electrons. The van der Waals surface area contributed by atoms with Gasteiger partial charge >= 0.3 is 0 Å². The molecule has 1 aromatic heterocycles. The Morgan fingerprint density at radius 2 is 1.95 bits per heavy atom. The van der Waals surface area contributed by atoms with E-state index in [0.29, 0.717) is 22.2 Å². The van der Waals surface area contributed by atoms with Gasteiger partial charge in [0.1, 0.15) is 5.82 Å². The highest BCUT2D eigenvalue weighted by Crippen LogP contribution is 2.23. The number of nitrogens with one attached hydrogen (secondary N) is 1. The number of H-pyrrole nitrogens is 1. The Kier molecular flexibility index (Phi) is 3.09. The van der Waals surface area contributed by atoms with Crippen LogP contribution in [0.1, 0.15) is 11.4 Å². The molecule has 0 aliphatic rings. The third kappa shape index (κ3) is 2.53. The van der Waals surface area contributed by atoms with Crippen molar-refractivity contribution in [3.8, 4) is 0 Å². The van der Waals surface area contributed by atoms with Crippen LogP contribution in [0.5, 0.6) is 0 Å². The molecule has 0 aliphatic heterocycles. The Hall–Kier alpha value is -1.71. The first-order chi connectivity index (χ1) is 9.11. The summed E-state index contributed by atoms with van der Waals surface area (Å²) in [5, 5.41) is 1.35. The SMILES string of the molecule is Nc1ccc2nc(Cc3cc(Cl)ccc3Cl)[nH]c2c1. The fourth-order valence-electron chi connectivity index (χ4n) is 2.02. The van der Waals surface area contributed by atoms with E-state index < -0.39 is 0 Å². The van der Waals surface area contributed by atoms with E-state index in [4.69, 9.17) is 28.9 Å². The number of nitrogen functional groups attached to an aromatic ring is 1. The smallest absolute Gasteiger partial charge is 0.111 e. The first-order valence-corrected chi connectivity index (χ1v) is 6.55. The Balaban J connectivity index is 1.98. The van der Waals surface area contributed by atoms with Crippen LogP contribution in [0.3, 0.4) is 0 Å². The van der Waals surface area contributed by atoms with Gasteiger partial charge in [0.15, 0.2) is 0 Å². The van der Waals surface area contributed by atoms with E-state index in [1.54, 1.807) is 12.1 Å². The summed E-state index contributed by atoms with van der Waals surface area (Å²) in [6, 6.07) is 11.0. The molecule has 3 nitrogen and oxygen atoms in total. The summed E-state index contributed by atoms with van der Waals surface area (Å²) in [5.74, 6) is 0.838. The number of nitrogens with zero attached hydrogens (tertiary/aromatic N) is 1. The second kappa shape index (κ2) is 4.76. The van der Waals surface area contributed by atoms with Crippen molar-refractivity contribution >= 4 is 39.9 Å². The zero-order valence-corrected chi connectivity index (χ0v) is 11.5. The molecule has 19 heavy (non-hydrogen) atoms. The average Bonchev–Trinajstić information content (AvgIpc) is 2.75. The van der Waals surface area contributed by atoms with Gasteiger partial charge < -0.3 is 10.7 Å². The molecule has 0 saturated heterocycles. The van der Waals surface area contributed by atoms with Crippen molar-refractivity contribution in [1.29, 1.82) is 0 Å². The standard InChI is InChI=1S/C14H11Cl2N3/c15-9-1-3-11(16)8(5-9)6-14-18-12-4-2-10(17)7-13(12)19-14/h1-5,7H,6,17H2,(H,18,19). The number of anilines is 1. The van der Waals surface area contributed by atoms with E-state index in [1.807, 2.05) is 24.3 Å². The summed E-state index contributed by atoms with van der Waals surface area (Å²) >= 11 is 12.1. The van der Waals surface area contributed by atoms with Crippen molar-refractivity contribution in [3.63, 3.8) is 0 Å². The third-order valence-corrected chi connectivity index (χ3v) is 3.52. The number of benzene rings is 2. The van der Waals surface area contributed by atoms with Crippen LogP contribution in [0.15, 0.2) is 36.4 Å². The molecular formula is C14H11Cl2N3. The van der Waals surface area contributed by atoms with Gasteiger partial charge in [0.25, 0.3) is 0 Å². The number of hydrogen-bond donors (Lipinski definition) is 2. The molecule has 0 radical (unpaired) electrons. The number of nitrogens with two attached hydrogens (primary N) is 1. The van der Waals surface area contributed by atoms with Gasteiger partial charge in [-0.2, -0.15) is 0 Å². The molecule has 0 aliphatic carbocycles. The van der Waals surface area contributed by atoms with Crippen molar-refractivity contribution in [2.24, 2.45) is 0 Å². The van der Waals surface area contributed by atoms with Crippen LogP contribution >= 0.6 is 23.2 Å². The Bertz CT molecular complexity index is 750. The summed E-state index contributed by atoms with van der Waals surface area (Å²) < 4.78 is 0. The maximum atomic E-state index is 6.15. The highest BCUT2D eigenvalue weighted by molar-refractivity contribution is 6.33. The van der Waals surface area contributed by atoms with E-state index in [2.05, 4.69) is 9.97 Å². The van der Waals surface area contributed by atoms with E-state index >= 15 is 0 Å². The molecular weight excluding hydrogens is 281 g/mol. The quantitative estimate of drug-likeness (QED) is 0.700. The van der Waals surface area contributed by atoms with Gasteiger partial charge in [-0.25, -0.2) is 4.98 Å². The molecule has 2 aromatic carbocycles. The fraction of sp³-hybridized carbons (Fsp3) is 0.0714. The number of imidazole rings is 1. The molecule has 0 saturated carbocycles. The molecule has 0 spiro atoms. The van der Waals surface area contributed by atoms with Crippen molar-refractivity contribution in [2.75, 3.05) is 5.73 Å². The molecule has 3 aromatic rings. The van der Waals surface area contributed by atoms with Gasteiger partial charge in [-0.1, -0.05) is 23.2 Å². The Morgan fingerprint density at radius 1 is 1.11 bits per heavy atom. The Morgan fingerprint density at radius 3 is 2.79 bits per heavy atom. The van der Waals surface area contributed by atoms with Gasteiger partial charge in [-0.3, -0.25) is 0 Å². The number of aromatic nitrogens is 2. The number of hydrogen-bond acceptors (Lipinski definition) is 2. The van der Waals surface area contributed by atoms with Crippen molar-refractivity contribution in [3.05, 3.63) is 57.8 Å². The minimum Gasteiger partial charge on any atom is -0.399 e. The lowest BCUT2D eigenvalue weighted by molar-refractivity contribution is 1.04. The minimum absolute atomic E-state index is 0.605. The average molecular weight is 292 g/mol. The topological polar surface area (TPSA) is 54.7 Å². The summed E-state index contributed by atoms with van der Waals surface area (Å²) in [4.78, 5) is 7.75. The lowest BCUT2D eigenvalue weighted by Crippen LogP contribution is -1.91. The van der Waals surface area contributed by atoms with Crippen LogP contribution in [0.2, 0.25) is 10.0 Å². The van der Waals surface area contributed by atoms with E-state index in [-0.39, 0.29) is 0 Å². The second-order valence-corrected chi connectivity index (χ2v) is 5.22. The van der Waals surface area contributed by atoms with Crippen molar-refractivity contribution in [1.82, 2.24) is 9.97 Å². The van der Waals surface area contributed by atoms with Crippen LogP contribution in [0.4, 0.5) is 5.69 Å².